The Morgan fingerprint density at radius 2 is 2.03 bits per heavy atom. The third kappa shape index (κ3) is 8.40. The van der Waals surface area contributed by atoms with Gasteiger partial charge in [-0.05, 0) is 58.6 Å². The minimum Gasteiger partial charge on any atom is -0.490 e. The van der Waals surface area contributed by atoms with Crippen LogP contribution in [0.5, 0.6) is 5.75 Å². The second kappa shape index (κ2) is 12.9. The van der Waals surface area contributed by atoms with E-state index in [-0.39, 0.29) is 6.09 Å². The summed E-state index contributed by atoms with van der Waals surface area (Å²) >= 11 is 0. The Balaban J connectivity index is 1.34. The molecule has 34 heavy (non-hydrogen) atoms. The first-order chi connectivity index (χ1) is 16.4. The van der Waals surface area contributed by atoms with Crippen LogP contribution in [0.3, 0.4) is 0 Å². The molecule has 1 fully saturated rings. The van der Waals surface area contributed by atoms with Crippen LogP contribution in [0.15, 0.2) is 24.4 Å². The molecule has 0 saturated carbocycles. The van der Waals surface area contributed by atoms with Gasteiger partial charge in [-0.1, -0.05) is 6.42 Å². The van der Waals surface area contributed by atoms with Crippen molar-refractivity contribution in [2.24, 2.45) is 5.92 Å². The summed E-state index contributed by atoms with van der Waals surface area (Å²) in [4.78, 5) is 23.1. The number of nitrogens with zero attached hydrogens (tertiary/aromatic N) is 3. The number of unbranched alkanes of at least 4 members (excludes halogenated alkanes) is 2. The van der Waals surface area contributed by atoms with E-state index >= 15 is 0 Å². The quantitative estimate of drug-likeness (QED) is 0.415. The highest BCUT2D eigenvalue weighted by Crippen LogP contribution is 2.25. The number of hydrogen-bond donors (Lipinski definition) is 0. The van der Waals surface area contributed by atoms with E-state index in [0.29, 0.717) is 37.9 Å². The molecule has 0 N–H and O–H groups in total. The highest BCUT2D eigenvalue weighted by Gasteiger charge is 2.29. The summed E-state index contributed by atoms with van der Waals surface area (Å²) in [6.45, 7) is 9.61. The molecule has 3 heterocycles. The SMILES string of the molecule is COCCOc1cc(CCCCCOC[C@@H]2CCN(C(=O)OC(C)(C)C)C2)nc2ncccc12. The number of amides is 1. The van der Waals surface area contributed by atoms with E-state index in [0.717, 1.165) is 62.1 Å². The fourth-order valence-electron chi connectivity index (χ4n) is 3.96. The van der Waals surface area contributed by atoms with Crippen LogP contribution in [-0.4, -0.2) is 73.2 Å². The molecule has 2 aromatic heterocycles. The van der Waals surface area contributed by atoms with E-state index in [2.05, 4.69) is 4.98 Å². The second-order valence-electron chi connectivity index (χ2n) is 9.79. The van der Waals surface area contributed by atoms with Crippen molar-refractivity contribution < 1.29 is 23.7 Å². The largest absolute Gasteiger partial charge is 0.490 e. The lowest BCUT2D eigenvalue weighted by Gasteiger charge is -2.24. The van der Waals surface area contributed by atoms with Gasteiger partial charge in [-0.2, -0.15) is 0 Å². The monoisotopic (exact) mass is 473 g/mol. The number of pyridine rings is 2. The van der Waals surface area contributed by atoms with Gasteiger partial charge in [0.25, 0.3) is 0 Å². The Morgan fingerprint density at radius 1 is 1.18 bits per heavy atom. The molecule has 3 rings (SSSR count). The zero-order valence-electron chi connectivity index (χ0n) is 21.0. The van der Waals surface area contributed by atoms with Crippen LogP contribution >= 0.6 is 0 Å². The molecule has 1 aliphatic heterocycles. The average molecular weight is 474 g/mol. The number of carbonyl (C=O) groups excluding carboxylic acids is 1. The molecular weight excluding hydrogens is 434 g/mol. The van der Waals surface area contributed by atoms with Crippen LogP contribution < -0.4 is 4.74 Å². The Labute approximate surface area is 202 Å². The first-order valence-electron chi connectivity index (χ1n) is 12.3. The third-order valence-corrected chi connectivity index (χ3v) is 5.66. The van der Waals surface area contributed by atoms with Crippen molar-refractivity contribution in [1.29, 1.82) is 0 Å². The van der Waals surface area contributed by atoms with E-state index in [1.807, 2.05) is 39.0 Å². The Hall–Kier alpha value is -2.45. The van der Waals surface area contributed by atoms with Crippen molar-refractivity contribution in [1.82, 2.24) is 14.9 Å². The number of carbonyl (C=O) groups is 1. The molecule has 0 spiro atoms. The number of methoxy groups -OCH3 is 1. The standard InChI is InChI=1S/C26H39N3O5/c1-26(2,3)34-25(30)29-13-11-20(18-29)19-32-14-7-5-6-9-21-17-23(33-16-15-31-4)22-10-8-12-27-24(22)28-21/h8,10,12,17,20H,5-7,9,11,13-16,18-19H2,1-4H3/t20-/m1/s1. The number of hydrogen-bond acceptors (Lipinski definition) is 7. The zero-order chi connectivity index (χ0) is 24.4. The summed E-state index contributed by atoms with van der Waals surface area (Å²) in [5.74, 6) is 1.20. The molecule has 0 bridgehead atoms. The summed E-state index contributed by atoms with van der Waals surface area (Å²) < 4.78 is 22.3. The highest BCUT2D eigenvalue weighted by molar-refractivity contribution is 5.81. The summed E-state index contributed by atoms with van der Waals surface area (Å²) in [5, 5.41) is 0.924. The van der Waals surface area contributed by atoms with E-state index in [9.17, 15) is 4.79 Å². The zero-order valence-corrected chi connectivity index (χ0v) is 21.0. The number of fused-ring (bicyclic) bond motifs is 1. The van der Waals surface area contributed by atoms with Gasteiger partial charge in [-0.15, -0.1) is 0 Å². The lowest BCUT2D eigenvalue weighted by molar-refractivity contribution is 0.0274. The van der Waals surface area contributed by atoms with Crippen molar-refractivity contribution in [3.05, 3.63) is 30.1 Å². The molecule has 188 valence electrons. The van der Waals surface area contributed by atoms with E-state index < -0.39 is 5.60 Å². The van der Waals surface area contributed by atoms with Gasteiger partial charge in [0.2, 0.25) is 0 Å². The maximum Gasteiger partial charge on any atom is 0.410 e. The topological polar surface area (TPSA) is 83.0 Å². The molecule has 0 aliphatic carbocycles. The third-order valence-electron chi connectivity index (χ3n) is 5.66. The molecule has 8 heteroatoms. The number of ether oxygens (including phenoxy) is 4. The van der Waals surface area contributed by atoms with Crippen molar-refractivity contribution in [2.45, 2.75) is 58.5 Å². The molecule has 8 nitrogen and oxygen atoms in total. The van der Waals surface area contributed by atoms with Crippen molar-refractivity contribution in [3.63, 3.8) is 0 Å². The maximum atomic E-state index is 12.2. The van der Waals surface area contributed by atoms with Crippen molar-refractivity contribution >= 4 is 17.1 Å². The van der Waals surface area contributed by atoms with Gasteiger partial charge in [0, 0.05) is 50.7 Å². The summed E-state index contributed by atoms with van der Waals surface area (Å²) in [6.07, 6.45) is 6.48. The van der Waals surface area contributed by atoms with Gasteiger partial charge in [0.05, 0.1) is 18.6 Å². The van der Waals surface area contributed by atoms with Crippen molar-refractivity contribution in [2.75, 3.05) is 46.6 Å². The van der Waals surface area contributed by atoms with E-state index in [1.165, 1.54) is 0 Å². The van der Waals surface area contributed by atoms with Gasteiger partial charge in [0.1, 0.15) is 18.0 Å². The Kier molecular flexibility index (Phi) is 9.89. The predicted molar refractivity (Wildman–Crippen MR) is 131 cm³/mol. The highest BCUT2D eigenvalue weighted by atomic mass is 16.6. The lowest BCUT2D eigenvalue weighted by Crippen LogP contribution is -2.35. The maximum absolute atomic E-state index is 12.2. The minimum atomic E-state index is -0.455. The van der Waals surface area contributed by atoms with Gasteiger partial charge >= 0.3 is 6.09 Å². The molecule has 1 saturated heterocycles. The fraction of sp³-hybridized carbons (Fsp3) is 0.654. The van der Waals surface area contributed by atoms with Crippen LogP contribution in [-0.2, 0) is 20.6 Å². The minimum absolute atomic E-state index is 0.222. The number of likely N-dealkylation sites (tertiary alicyclic amines) is 1. The molecule has 2 aromatic rings. The first kappa shape index (κ1) is 26.2. The molecule has 0 aromatic carbocycles. The molecule has 0 radical (unpaired) electrons. The average Bonchev–Trinajstić information content (AvgIpc) is 3.27. The smallest absolute Gasteiger partial charge is 0.410 e. The predicted octanol–water partition coefficient (Wildman–Crippen LogP) is 4.64. The van der Waals surface area contributed by atoms with Crippen LogP contribution in [0.2, 0.25) is 0 Å². The van der Waals surface area contributed by atoms with E-state index in [1.54, 1.807) is 18.2 Å². The van der Waals surface area contributed by atoms with Crippen LogP contribution in [0, 0.1) is 5.92 Å². The first-order valence-corrected chi connectivity index (χ1v) is 12.3. The summed E-state index contributed by atoms with van der Waals surface area (Å²) in [7, 11) is 1.66. The van der Waals surface area contributed by atoms with E-state index in [4.69, 9.17) is 23.9 Å². The molecule has 1 amide bonds. The second-order valence-corrected chi connectivity index (χ2v) is 9.79. The summed E-state index contributed by atoms with van der Waals surface area (Å²) in [5.41, 5.74) is 1.25. The van der Waals surface area contributed by atoms with Gasteiger partial charge in [0.15, 0.2) is 5.65 Å². The van der Waals surface area contributed by atoms with Crippen LogP contribution in [0.1, 0.15) is 52.1 Å². The number of aromatic nitrogens is 2. The van der Waals surface area contributed by atoms with Gasteiger partial charge in [-0.25, -0.2) is 14.8 Å². The normalized spacial score (nSPS) is 16.2. The summed E-state index contributed by atoms with van der Waals surface area (Å²) in [6, 6.07) is 5.90. The Bertz CT molecular complexity index is 915. The Morgan fingerprint density at radius 3 is 2.82 bits per heavy atom. The molecule has 1 aliphatic rings. The van der Waals surface area contributed by atoms with Gasteiger partial charge < -0.3 is 23.8 Å². The lowest BCUT2D eigenvalue weighted by atomic mass is 10.1. The van der Waals surface area contributed by atoms with Crippen LogP contribution in [0.25, 0.3) is 11.0 Å². The van der Waals surface area contributed by atoms with Gasteiger partial charge in [-0.3, -0.25) is 0 Å². The molecule has 0 unspecified atom stereocenters. The molecular formula is C26H39N3O5. The fourth-order valence-corrected chi connectivity index (χ4v) is 3.96. The number of aryl methyl sites for hydroxylation is 1. The number of rotatable bonds is 12. The molecule has 1 atom stereocenters. The van der Waals surface area contributed by atoms with Crippen LogP contribution in [0.4, 0.5) is 4.79 Å². The van der Waals surface area contributed by atoms with Crippen molar-refractivity contribution in [3.8, 4) is 5.75 Å².